The van der Waals surface area contributed by atoms with Crippen molar-refractivity contribution in [2.24, 2.45) is 0 Å². The second-order valence-electron chi connectivity index (χ2n) is 4.40. The lowest BCUT2D eigenvalue weighted by Gasteiger charge is -2.10. The van der Waals surface area contributed by atoms with Gasteiger partial charge in [-0.25, -0.2) is 22.9 Å². The van der Waals surface area contributed by atoms with Crippen LogP contribution in [0.15, 0.2) is 29.3 Å². The molecule has 0 bridgehead atoms. The number of aryl methyl sites for hydroxylation is 1. The number of carboxylic acids is 1. The molecule has 21 heavy (non-hydrogen) atoms. The first-order chi connectivity index (χ1) is 9.81. The second kappa shape index (κ2) is 5.92. The zero-order chi connectivity index (χ0) is 15.6. The van der Waals surface area contributed by atoms with Gasteiger partial charge in [0.2, 0.25) is 10.0 Å². The summed E-state index contributed by atoms with van der Waals surface area (Å²) >= 11 is 1.40. The summed E-state index contributed by atoms with van der Waals surface area (Å²) in [5.74, 6) is -1.15. The Kier molecular flexibility index (Phi) is 4.40. The lowest BCUT2D eigenvalue weighted by Crippen LogP contribution is -2.24. The summed E-state index contributed by atoms with van der Waals surface area (Å²) in [6.45, 7) is 3.45. The van der Waals surface area contributed by atoms with Gasteiger partial charge in [0.15, 0.2) is 0 Å². The molecule has 1 heterocycles. The van der Waals surface area contributed by atoms with Gasteiger partial charge in [-0.15, -0.1) is 11.3 Å². The first-order valence-corrected chi connectivity index (χ1v) is 8.35. The molecule has 0 fully saturated rings. The van der Waals surface area contributed by atoms with Crippen LogP contribution in [-0.2, 0) is 16.6 Å². The van der Waals surface area contributed by atoms with Crippen molar-refractivity contribution in [3.8, 4) is 0 Å². The van der Waals surface area contributed by atoms with Gasteiger partial charge in [0.25, 0.3) is 0 Å². The first-order valence-electron chi connectivity index (χ1n) is 6.05. The molecule has 0 amide bonds. The van der Waals surface area contributed by atoms with Crippen molar-refractivity contribution in [3.05, 3.63) is 45.4 Å². The Balaban J connectivity index is 2.27. The summed E-state index contributed by atoms with van der Waals surface area (Å²) in [4.78, 5) is 15.9. The van der Waals surface area contributed by atoms with Crippen molar-refractivity contribution in [1.29, 1.82) is 0 Å². The fourth-order valence-corrected chi connectivity index (χ4v) is 3.97. The van der Waals surface area contributed by atoms with Gasteiger partial charge in [-0.2, -0.15) is 0 Å². The van der Waals surface area contributed by atoms with Gasteiger partial charge >= 0.3 is 5.97 Å². The van der Waals surface area contributed by atoms with Crippen LogP contribution < -0.4 is 4.72 Å². The summed E-state index contributed by atoms with van der Waals surface area (Å²) in [6, 6.07) is 4.19. The minimum absolute atomic E-state index is 0.0218. The van der Waals surface area contributed by atoms with E-state index in [0.717, 1.165) is 9.88 Å². The normalized spacial score (nSPS) is 11.5. The minimum Gasteiger partial charge on any atom is -0.478 e. The maximum atomic E-state index is 12.3. The molecule has 0 spiro atoms. The summed E-state index contributed by atoms with van der Waals surface area (Å²) in [6.07, 6.45) is 1.61. The quantitative estimate of drug-likeness (QED) is 0.875. The largest absolute Gasteiger partial charge is 0.478 e. The van der Waals surface area contributed by atoms with Crippen LogP contribution >= 0.6 is 11.3 Å². The summed E-state index contributed by atoms with van der Waals surface area (Å²) in [7, 11) is -3.77. The predicted molar refractivity (Wildman–Crippen MR) is 79.0 cm³/mol. The third kappa shape index (κ3) is 3.46. The van der Waals surface area contributed by atoms with Crippen LogP contribution in [0.1, 0.15) is 25.8 Å². The number of sulfonamides is 1. The second-order valence-corrected chi connectivity index (χ2v) is 7.46. The lowest BCUT2D eigenvalue weighted by molar-refractivity contribution is 0.0696. The van der Waals surface area contributed by atoms with Crippen LogP contribution in [0.2, 0.25) is 0 Å². The third-order valence-corrected chi connectivity index (χ3v) is 5.37. The van der Waals surface area contributed by atoms with E-state index in [2.05, 4.69) is 9.71 Å². The van der Waals surface area contributed by atoms with Gasteiger partial charge in [-0.3, -0.25) is 0 Å². The number of benzene rings is 1. The number of carboxylic acid groups (broad SMARTS) is 1. The number of carbonyl (C=O) groups is 1. The van der Waals surface area contributed by atoms with Gasteiger partial charge in [0.05, 0.1) is 15.5 Å². The number of aromatic nitrogens is 1. The Hall–Kier alpha value is -1.77. The van der Waals surface area contributed by atoms with Gasteiger partial charge in [0.1, 0.15) is 0 Å². The van der Waals surface area contributed by atoms with Gasteiger partial charge in [0, 0.05) is 17.6 Å². The van der Waals surface area contributed by atoms with Crippen molar-refractivity contribution < 1.29 is 18.3 Å². The Morgan fingerprint density at radius 2 is 2.10 bits per heavy atom. The molecule has 6 nitrogen and oxygen atoms in total. The predicted octanol–water partition coefficient (Wildman–Crippen LogP) is 1.94. The van der Waals surface area contributed by atoms with E-state index < -0.39 is 16.0 Å². The van der Waals surface area contributed by atoms with E-state index in [1.807, 2.05) is 6.92 Å². The van der Waals surface area contributed by atoms with Gasteiger partial charge in [-0.05, 0) is 31.5 Å². The molecule has 0 saturated heterocycles. The average Bonchev–Trinajstić information content (AvgIpc) is 2.82. The molecule has 0 saturated carbocycles. The molecular formula is C13H14N2O4S2. The Morgan fingerprint density at radius 3 is 2.67 bits per heavy atom. The van der Waals surface area contributed by atoms with E-state index >= 15 is 0 Å². The van der Waals surface area contributed by atoms with Crippen molar-refractivity contribution in [2.75, 3.05) is 0 Å². The zero-order valence-corrected chi connectivity index (χ0v) is 13.1. The fraction of sp³-hybridized carbons (Fsp3) is 0.231. The highest BCUT2D eigenvalue weighted by Crippen LogP contribution is 2.20. The molecule has 0 aliphatic carbocycles. The third-order valence-electron chi connectivity index (χ3n) is 2.91. The highest BCUT2D eigenvalue weighted by atomic mass is 32.2. The fourth-order valence-electron chi connectivity index (χ4n) is 1.87. The number of nitrogens with one attached hydrogen (secondary N) is 1. The maximum Gasteiger partial charge on any atom is 0.335 e. The topological polar surface area (TPSA) is 96.4 Å². The number of hydrogen-bond donors (Lipinski definition) is 2. The smallest absolute Gasteiger partial charge is 0.335 e. The van der Waals surface area contributed by atoms with E-state index in [1.165, 1.54) is 36.5 Å². The average molecular weight is 326 g/mol. The summed E-state index contributed by atoms with van der Waals surface area (Å²) < 4.78 is 27.0. The summed E-state index contributed by atoms with van der Waals surface area (Å²) in [5, 5.41) is 9.90. The monoisotopic (exact) mass is 326 g/mol. The number of hydrogen-bond acceptors (Lipinski definition) is 5. The molecule has 0 atom stereocenters. The highest BCUT2D eigenvalue weighted by Gasteiger charge is 2.20. The highest BCUT2D eigenvalue weighted by molar-refractivity contribution is 7.89. The van der Waals surface area contributed by atoms with Crippen LogP contribution in [0, 0.1) is 13.8 Å². The van der Waals surface area contributed by atoms with Gasteiger partial charge in [-0.1, -0.05) is 6.07 Å². The van der Waals surface area contributed by atoms with E-state index in [-0.39, 0.29) is 22.6 Å². The molecule has 2 rings (SSSR count). The lowest BCUT2D eigenvalue weighted by atomic mass is 10.1. The van der Waals surface area contributed by atoms with Crippen LogP contribution in [0.5, 0.6) is 0 Å². The molecule has 1 aromatic heterocycles. The summed E-state index contributed by atoms with van der Waals surface area (Å²) in [5.41, 5.74) is 0.199. The van der Waals surface area contributed by atoms with Crippen LogP contribution in [0.3, 0.4) is 0 Å². The minimum atomic E-state index is -3.77. The first kappa shape index (κ1) is 15.6. The van der Waals surface area contributed by atoms with E-state index in [1.54, 1.807) is 6.20 Å². The van der Waals surface area contributed by atoms with Crippen molar-refractivity contribution >= 4 is 27.3 Å². The molecule has 2 N–H and O–H groups in total. The Labute approximate surface area is 126 Å². The van der Waals surface area contributed by atoms with Crippen molar-refractivity contribution in [3.63, 3.8) is 0 Å². The Bertz CT molecular complexity index is 781. The van der Waals surface area contributed by atoms with Crippen LogP contribution in [-0.4, -0.2) is 24.5 Å². The van der Waals surface area contributed by atoms with E-state index in [9.17, 15) is 13.2 Å². The van der Waals surface area contributed by atoms with Crippen LogP contribution in [0.4, 0.5) is 0 Å². The molecule has 1 aromatic carbocycles. The standard InChI is InChI=1S/C13H14N2O4S2/c1-8-11(13(16)17)4-3-5-12(8)21(18,19)15-7-10-6-14-9(2)20-10/h3-6,15H,7H2,1-2H3,(H,16,17). The van der Waals surface area contributed by atoms with Crippen molar-refractivity contribution in [2.45, 2.75) is 25.3 Å². The Morgan fingerprint density at radius 1 is 1.38 bits per heavy atom. The van der Waals surface area contributed by atoms with Crippen molar-refractivity contribution in [1.82, 2.24) is 9.71 Å². The number of nitrogens with zero attached hydrogens (tertiary/aromatic N) is 1. The molecular weight excluding hydrogens is 312 g/mol. The molecule has 0 radical (unpaired) electrons. The van der Waals surface area contributed by atoms with Crippen LogP contribution in [0.25, 0.3) is 0 Å². The molecule has 112 valence electrons. The number of thiazole rings is 1. The molecule has 8 heteroatoms. The molecule has 0 aliphatic rings. The number of aromatic carboxylic acids is 1. The zero-order valence-electron chi connectivity index (χ0n) is 11.5. The SMILES string of the molecule is Cc1ncc(CNS(=O)(=O)c2cccc(C(=O)O)c2C)s1. The van der Waals surface area contributed by atoms with E-state index in [4.69, 9.17) is 5.11 Å². The number of rotatable bonds is 5. The maximum absolute atomic E-state index is 12.3. The molecule has 2 aromatic rings. The van der Waals surface area contributed by atoms with E-state index in [0.29, 0.717) is 0 Å². The van der Waals surface area contributed by atoms with Gasteiger partial charge < -0.3 is 5.11 Å². The molecule has 0 aliphatic heterocycles. The molecule has 0 unspecified atom stereocenters.